The molecule has 7 heteroatoms. The molecule has 1 amide bonds. The van der Waals surface area contributed by atoms with E-state index in [-0.39, 0.29) is 35.5 Å². The summed E-state index contributed by atoms with van der Waals surface area (Å²) >= 11 is 0. The van der Waals surface area contributed by atoms with Gasteiger partial charge in [-0.1, -0.05) is 42.3 Å². The first-order valence-corrected chi connectivity index (χ1v) is 9.51. The fourth-order valence-electron chi connectivity index (χ4n) is 3.59. The summed E-state index contributed by atoms with van der Waals surface area (Å²) in [5.41, 5.74) is 1.82. The second-order valence-electron chi connectivity index (χ2n) is 7.14. The van der Waals surface area contributed by atoms with Crippen molar-refractivity contribution >= 4 is 5.91 Å². The molecule has 0 spiro atoms. The Morgan fingerprint density at radius 2 is 1.93 bits per heavy atom. The predicted molar refractivity (Wildman–Crippen MR) is 105 cm³/mol. The molecule has 1 aromatic carbocycles. The third-order valence-electron chi connectivity index (χ3n) is 5.10. The topological polar surface area (TPSA) is 90.0 Å². The number of hydrogen-bond donors (Lipinski definition) is 1. The standard InChI is InChI=1S/C21H22N4O3/c1-14-7-2-5-10-16(14)19-23-20(28-24-19)17-11-6-12-25(21(17)27)13-18(26)22-15-8-3-4-9-15/h2,5-7,10-12,15H,3-4,8-9,13H2,1H3,(H,22,26). The van der Waals surface area contributed by atoms with Gasteiger partial charge in [-0.2, -0.15) is 4.98 Å². The van der Waals surface area contributed by atoms with Crippen molar-refractivity contribution in [2.75, 3.05) is 0 Å². The molecule has 0 radical (unpaired) electrons. The lowest BCUT2D eigenvalue weighted by molar-refractivity contribution is -0.122. The summed E-state index contributed by atoms with van der Waals surface area (Å²) in [4.78, 5) is 29.5. The maximum Gasteiger partial charge on any atom is 0.263 e. The van der Waals surface area contributed by atoms with Gasteiger partial charge in [-0.25, -0.2) is 0 Å². The quantitative estimate of drug-likeness (QED) is 0.737. The molecule has 1 N–H and O–H groups in total. The normalized spacial score (nSPS) is 14.3. The van der Waals surface area contributed by atoms with Crippen LogP contribution in [-0.2, 0) is 11.3 Å². The zero-order valence-electron chi connectivity index (χ0n) is 15.7. The molecule has 2 aromatic heterocycles. The lowest BCUT2D eigenvalue weighted by atomic mass is 10.1. The minimum Gasteiger partial charge on any atom is -0.352 e. The number of amides is 1. The van der Waals surface area contributed by atoms with E-state index in [1.165, 1.54) is 4.57 Å². The Labute approximate surface area is 162 Å². The smallest absolute Gasteiger partial charge is 0.263 e. The van der Waals surface area contributed by atoms with Crippen molar-refractivity contribution in [3.63, 3.8) is 0 Å². The van der Waals surface area contributed by atoms with Crippen LogP contribution in [0.1, 0.15) is 31.2 Å². The molecule has 7 nitrogen and oxygen atoms in total. The lowest BCUT2D eigenvalue weighted by Gasteiger charge is -2.12. The van der Waals surface area contributed by atoms with Crippen molar-refractivity contribution in [3.05, 3.63) is 58.5 Å². The molecule has 4 rings (SSSR count). The highest BCUT2D eigenvalue weighted by Gasteiger charge is 2.19. The largest absolute Gasteiger partial charge is 0.352 e. The maximum absolute atomic E-state index is 12.8. The Hall–Kier alpha value is -3.22. The first-order chi connectivity index (χ1) is 13.6. The molecular formula is C21H22N4O3. The van der Waals surface area contributed by atoms with Gasteiger partial charge in [0.25, 0.3) is 11.4 Å². The first-order valence-electron chi connectivity index (χ1n) is 9.51. The van der Waals surface area contributed by atoms with Gasteiger partial charge >= 0.3 is 0 Å². The van der Waals surface area contributed by atoms with E-state index in [1.807, 2.05) is 31.2 Å². The SMILES string of the molecule is Cc1ccccc1-c1noc(-c2cccn(CC(=O)NC3CCCC3)c2=O)n1. The van der Waals surface area contributed by atoms with Gasteiger partial charge in [0.1, 0.15) is 12.1 Å². The van der Waals surface area contributed by atoms with Gasteiger partial charge < -0.3 is 14.4 Å². The summed E-state index contributed by atoms with van der Waals surface area (Å²) in [6.07, 6.45) is 5.88. The van der Waals surface area contributed by atoms with Gasteiger partial charge in [0.2, 0.25) is 11.7 Å². The van der Waals surface area contributed by atoms with Crippen LogP contribution in [0.3, 0.4) is 0 Å². The van der Waals surface area contributed by atoms with Crippen molar-refractivity contribution < 1.29 is 9.32 Å². The average Bonchev–Trinajstić information content (AvgIpc) is 3.36. The van der Waals surface area contributed by atoms with Gasteiger partial charge in [0.15, 0.2) is 0 Å². The van der Waals surface area contributed by atoms with Crippen LogP contribution in [0.15, 0.2) is 51.9 Å². The summed E-state index contributed by atoms with van der Waals surface area (Å²) in [6, 6.07) is 11.3. The second kappa shape index (κ2) is 7.80. The Balaban J connectivity index is 1.56. The zero-order valence-corrected chi connectivity index (χ0v) is 15.7. The highest BCUT2D eigenvalue weighted by molar-refractivity contribution is 5.76. The molecule has 2 heterocycles. The number of carbonyl (C=O) groups is 1. The summed E-state index contributed by atoms with van der Waals surface area (Å²) in [5, 5.41) is 7.01. The number of aromatic nitrogens is 3. The number of benzene rings is 1. The molecule has 1 aliphatic rings. The molecule has 0 bridgehead atoms. The zero-order chi connectivity index (χ0) is 19.5. The molecule has 28 heavy (non-hydrogen) atoms. The van der Waals surface area contributed by atoms with E-state index in [4.69, 9.17) is 4.52 Å². The molecule has 0 aliphatic heterocycles. The highest BCUT2D eigenvalue weighted by atomic mass is 16.5. The van der Waals surface area contributed by atoms with Crippen molar-refractivity contribution in [1.82, 2.24) is 20.0 Å². The number of hydrogen-bond acceptors (Lipinski definition) is 5. The Bertz CT molecular complexity index is 1050. The number of nitrogens with zero attached hydrogens (tertiary/aromatic N) is 3. The Kier molecular flexibility index (Phi) is 5.06. The van der Waals surface area contributed by atoms with E-state index < -0.39 is 0 Å². The Morgan fingerprint density at radius 3 is 2.71 bits per heavy atom. The molecule has 0 saturated heterocycles. The van der Waals surface area contributed by atoms with E-state index in [0.717, 1.165) is 36.8 Å². The van der Waals surface area contributed by atoms with Crippen molar-refractivity contribution in [1.29, 1.82) is 0 Å². The molecule has 144 valence electrons. The van der Waals surface area contributed by atoms with E-state index in [0.29, 0.717) is 5.82 Å². The predicted octanol–water partition coefficient (Wildman–Crippen LogP) is 2.93. The minimum absolute atomic E-state index is 0.0258. The van der Waals surface area contributed by atoms with E-state index in [1.54, 1.807) is 18.3 Å². The number of rotatable bonds is 5. The molecule has 0 atom stereocenters. The molecule has 3 aromatic rings. The van der Waals surface area contributed by atoms with Crippen LogP contribution in [0.4, 0.5) is 0 Å². The van der Waals surface area contributed by atoms with Gasteiger partial charge in [0, 0.05) is 17.8 Å². The van der Waals surface area contributed by atoms with Crippen LogP contribution in [0.2, 0.25) is 0 Å². The van der Waals surface area contributed by atoms with Crippen LogP contribution >= 0.6 is 0 Å². The average molecular weight is 378 g/mol. The van der Waals surface area contributed by atoms with E-state index >= 15 is 0 Å². The van der Waals surface area contributed by atoms with Gasteiger partial charge in [-0.3, -0.25) is 9.59 Å². The third kappa shape index (κ3) is 3.74. The van der Waals surface area contributed by atoms with Crippen LogP contribution in [0.5, 0.6) is 0 Å². The maximum atomic E-state index is 12.8. The number of nitrogens with one attached hydrogen (secondary N) is 1. The summed E-state index contributed by atoms with van der Waals surface area (Å²) in [6.45, 7) is 1.94. The minimum atomic E-state index is -0.330. The van der Waals surface area contributed by atoms with Crippen molar-refractivity contribution in [2.45, 2.75) is 45.2 Å². The van der Waals surface area contributed by atoms with Crippen LogP contribution in [-0.4, -0.2) is 26.7 Å². The van der Waals surface area contributed by atoms with Crippen LogP contribution in [0.25, 0.3) is 22.8 Å². The monoisotopic (exact) mass is 378 g/mol. The fraction of sp³-hybridized carbons (Fsp3) is 0.333. The summed E-state index contributed by atoms with van der Waals surface area (Å²) < 4.78 is 6.71. The second-order valence-corrected chi connectivity index (χ2v) is 7.14. The van der Waals surface area contributed by atoms with Gasteiger partial charge in [-0.05, 0) is 37.5 Å². The Morgan fingerprint density at radius 1 is 1.18 bits per heavy atom. The molecule has 1 aliphatic carbocycles. The van der Waals surface area contributed by atoms with E-state index in [9.17, 15) is 9.59 Å². The third-order valence-corrected chi connectivity index (χ3v) is 5.10. The fourth-order valence-corrected chi connectivity index (χ4v) is 3.59. The first kappa shape index (κ1) is 18.2. The van der Waals surface area contributed by atoms with Gasteiger partial charge in [0.05, 0.1) is 0 Å². The molecule has 1 fully saturated rings. The van der Waals surface area contributed by atoms with Crippen LogP contribution in [0, 0.1) is 6.92 Å². The van der Waals surface area contributed by atoms with E-state index in [2.05, 4.69) is 15.5 Å². The number of aryl methyl sites for hydroxylation is 1. The molecule has 0 unspecified atom stereocenters. The number of carbonyl (C=O) groups excluding carboxylic acids is 1. The van der Waals surface area contributed by atoms with Gasteiger partial charge in [-0.15, -0.1) is 0 Å². The molecular weight excluding hydrogens is 356 g/mol. The van der Waals surface area contributed by atoms with Crippen molar-refractivity contribution in [3.8, 4) is 22.8 Å². The lowest BCUT2D eigenvalue weighted by Crippen LogP contribution is -2.37. The number of pyridine rings is 1. The van der Waals surface area contributed by atoms with Crippen molar-refractivity contribution in [2.24, 2.45) is 0 Å². The highest BCUT2D eigenvalue weighted by Crippen LogP contribution is 2.23. The summed E-state index contributed by atoms with van der Waals surface area (Å²) in [5.74, 6) is 0.424. The summed E-state index contributed by atoms with van der Waals surface area (Å²) in [7, 11) is 0. The molecule has 1 saturated carbocycles. The van der Waals surface area contributed by atoms with Crippen LogP contribution < -0.4 is 10.9 Å².